The van der Waals surface area contributed by atoms with Gasteiger partial charge in [0.25, 0.3) is 0 Å². The Kier molecular flexibility index (Phi) is 10.2. The zero-order chi connectivity index (χ0) is 26.9. The number of ketones is 2. The number of aliphatic hydroxyl groups excluding tert-OH is 1. The van der Waals surface area contributed by atoms with Gasteiger partial charge in [0.2, 0.25) is 0 Å². The fourth-order valence-electron chi connectivity index (χ4n) is 5.46. The summed E-state index contributed by atoms with van der Waals surface area (Å²) in [4.78, 5) is 27.8. The van der Waals surface area contributed by atoms with Gasteiger partial charge in [0.1, 0.15) is 24.7 Å². The molecule has 1 saturated heterocycles. The van der Waals surface area contributed by atoms with Gasteiger partial charge in [0, 0.05) is 44.8 Å². The van der Waals surface area contributed by atoms with Crippen molar-refractivity contribution in [3.8, 4) is 17.2 Å². The number of likely N-dealkylation sites (tertiary alicyclic amines) is 1. The largest absolute Gasteiger partial charge is 0.497 e. The summed E-state index contributed by atoms with van der Waals surface area (Å²) in [7, 11) is 1.60. The van der Waals surface area contributed by atoms with Crippen LogP contribution < -0.4 is 14.2 Å². The highest BCUT2D eigenvalue weighted by Gasteiger charge is 2.30. The molecule has 0 aliphatic carbocycles. The molecule has 0 amide bonds. The van der Waals surface area contributed by atoms with Crippen molar-refractivity contribution in [1.29, 1.82) is 0 Å². The van der Waals surface area contributed by atoms with Crippen molar-refractivity contribution in [3.63, 3.8) is 0 Å². The number of ether oxygens (including phenoxy) is 3. The van der Waals surface area contributed by atoms with Crippen LogP contribution in [0.5, 0.6) is 17.2 Å². The Morgan fingerprint density at radius 3 is 2.50 bits per heavy atom. The average Bonchev–Trinajstić information content (AvgIpc) is 3.35. The van der Waals surface area contributed by atoms with E-state index in [0.29, 0.717) is 62.1 Å². The number of fused-ring (bicyclic) bond motifs is 1. The van der Waals surface area contributed by atoms with Crippen molar-refractivity contribution in [1.82, 2.24) is 4.90 Å². The maximum absolute atomic E-state index is 13.0. The Morgan fingerprint density at radius 1 is 1.05 bits per heavy atom. The lowest BCUT2D eigenvalue weighted by Gasteiger charge is -2.30. The third kappa shape index (κ3) is 7.58. The average molecular weight is 526 g/mol. The summed E-state index contributed by atoms with van der Waals surface area (Å²) in [6, 6.07) is 13.2. The lowest BCUT2D eigenvalue weighted by atomic mass is 9.89. The molecular weight excluding hydrogens is 482 g/mol. The Bertz CT molecular complexity index is 1080. The summed E-state index contributed by atoms with van der Waals surface area (Å²) in [5.41, 5.74) is 1.45. The summed E-state index contributed by atoms with van der Waals surface area (Å²) < 4.78 is 16.5. The molecule has 7 heteroatoms. The van der Waals surface area contributed by atoms with E-state index in [9.17, 15) is 14.7 Å². The molecule has 0 spiro atoms. The first-order valence-electron chi connectivity index (χ1n) is 13.9. The van der Waals surface area contributed by atoms with Gasteiger partial charge in [0.05, 0.1) is 13.2 Å². The summed E-state index contributed by atoms with van der Waals surface area (Å²) >= 11 is 0. The van der Waals surface area contributed by atoms with Gasteiger partial charge in [-0.2, -0.15) is 0 Å². The first-order chi connectivity index (χ1) is 18.4. The normalized spacial score (nSPS) is 18.7. The molecule has 2 aliphatic heterocycles. The van der Waals surface area contributed by atoms with Gasteiger partial charge in [-0.05, 0) is 81.1 Å². The highest BCUT2D eigenvalue weighted by molar-refractivity contribution is 5.96. The van der Waals surface area contributed by atoms with Crippen LogP contribution >= 0.6 is 0 Å². The van der Waals surface area contributed by atoms with E-state index in [2.05, 4.69) is 11.8 Å². The van der Waals surface area contributed by atoms with E-state index in [1.54, 1.807) is 31.4 Å². The maximum Gasteiger partial charge on any atom is 0.162 e. The second-order valence-electron chi connectivity index (χ2n) is 10.5. The second-order valence-corrected chi connectivity index (χ2v) is 10.5. The summed E-state index contributed by atoms with van der Waals surface area (Å²) in [5.74, 6) is 2.16. The molecule has 1 N–H and O–H groups in total. The molecule has 208 valence electrons. The van der Waals surface area contributed by atoms with Crippen molar-refractivity contribution in [2.24, 2.45) is 5.92 Å². The van der Waals surface area contributed by atoms with E-state index in [4.69, 9.17) is 14.2 Å². The molecule has 2 heterocycles. The van der Waals surface area contributed by atoms with E-state index < -0.39 is 6.10 Å². The quantitative estimate of drug-likeness (QED) is 0.252. The van der Waals surface area contributed by atoms with Crippen LogP contribution in [0.15, 0.2) is 42.5 Å². The molecular formula is C31H43NO6. The maximum atomic E-state index is 13.0. The molecule has 0 radical (unpaired) electrons. The second kappa shape index (κ2) is 13.8. The number of nitrogens with zero attached hydrogens (tertiary/aromatic N) is 1. The molecule has 2 aromatic rings. The Morgan fingerprint density at radius 2 is 1.79 bits per heavy atom. The minimum Gasteiger partial charge on any atom is -0.497 e. The lowest BCUT2D eigenvalue weighted by molar-refractivity contribution is -0.121. The van der Waals surface area contributed by atoms with Crippen LogP contribution in [0.4, 0.5) is 0 Å². The fourth-order valence-corrected chi connectivity index (χ4v) is 5.46. The molecule has 7 nitrogen and oxygen atoms in total. The molecule has 0 saturated carbocycles. The molecule has 0 aromatic heterocycles. The lowest BCUT2D eigenvalue weighted by Crippen LogP contribution is -2.35. The number of hydrogen-bond acceptors (Lipinski definition) is 7. The monoisotopic (exact) mass is 525 g/mol. The van der Waals surface area contributed by atoms with Crippen LogP contribution in [0.1, 0.15) is 81.7 Å². The van der Waals surface area contributed by atoms with Crippen molar-refractivity contribution < 1.29 is 30.3 Å². The number of carbonyl (C=O) groups is 2. The fraction of sp³-hybridized carbons (Fsp3) is 0.548. The van der Waals surface area contributed by atoms with Crippen molar-refractivity contribution in [2.45, 2.75) is 70.4 Å². The van der Waals surface area contributed by atoms with Crippen molar-refractivity contribution in [2.75, 3.05) is 33.4 Å². The number of carbonyl (C=O) groups excluding carboxylic acids is 2. The zero-order valence-electron chi connectivity index (χ0n) is 22.7. The molecule has 3 atom stereocenters. The van der Waals surface area contributed by atoms with Crippen LogP contribution in [-0.4, -0.2) is 61.0 Å². The first-order valence-corrected chi connectivity index (χ1v) is 13.9. The van der Waals surface area contributed by atoms with E-state index in [0.717, 1.165) is 50.0 Å². The van der Waals surface area contributed by atoms with E-state index in [1.807, 2.05) is 18.2 Å². The number of Topliss-reactive ketones (excluding diaryl/α,β-unsaturated/α-hetero) is 2. The van der Waals surface area contributed by atoms with Gasteiger partial charge in [-0.1, -0.05) is 12.5 Å². The number of unbranched alkanes of at least 4 members (excludes halogenated alkanes) is 2. The molecule has 2 aromatic carbocycles. The number of hydrogen-bond donors (Lipinski definition) is 1. The molecule has 0 unspecified atom stereocenters. The molecule has 1 fully saturated rings. The number of methoxy groups -OCH3 is 1. The third-order valence-electron chi connectivity index (χ3n) is 7.78. The molecule has 2 aliphatic rings. The minimum atomic E-state index is -0.760. The van der Waals surface area contributed by atoms with Crippen molar-refractivity contribution in [3.05, 3.63) is 53.6 Å². The summed E-state index contributed by atoms with van der Waals surface area (Å²) in [6.07, 6.45) is 5.15. The van der Waals surface area contributed by atoms with Crippen LogP contribution in [-0.2, 0) is 4.79 Å². The highest BCUT2D eigenvalue weighted by Crippen LogP contribution is 2.36. The minimum absolute atomic E-state index is 0. The number of aliphatic hydroxyl groups is 1. The van der Waals surface area contributed by atoms with Crippen LogP contribution in [0, 0.1) is 5.92 Å². The molecule has 38 heavy (non-hydrogen) atoms. The summed E-state index contributed by atoms with van der Waals surface area (Å²) in [5, 5.41) is 11.4. The van der Waals surface area contributed by atoms with Gasteiger partial charge >= 0.3 is 0 Å². The highest BCUT2D eigenvalue weighted by atomic mass is 16.6. The third-order valence-corrected chi connectivity index (χ3v) is 7.78. The van der Waals surface area contributed by atoms with E-state index >= 15 is 0 Å². The van der Waals surface area contributed by atoms with Gasteiger partial charge < -0.3 is 24.2 Å². The van der Waals surface area contributed by atoms with Gasteiger partial charge in [-0.25, -0.2) is 0 Å². The summed E-state index contributed by atoms with van der Waals surface area (Å²) in [6.45, 7) is 4.93. The molecule has 4 rings (SSSR count). The standard InChI is InChI=1S/C31H41NO6.H2/c1-22-7-6-16-32(22)21-25(31(35)24-12-15-29-30(20-24)38-18-17-37-29)19-26(33)8-4-3-5-9-28(34)23-10-13-27(36-2)14-11-23;/h10-15,20,22,25,31,35H,3-9,16-19,21H2,1-2H3;1H/t22-,25-,31-;/m1./s1. The number of rotatable bonds is 14. The van der Waals surface area contributed by atoms with Crippen LogP contribution in [0.2, 0.25) is 0 Å². The van der Waals surface area contributed by atoms with Gasteiger partial charge in [-0.15, -0.1) is 0 Å². The van der Waals surface area contributed by atoms with Crippen LogP contribution in [0.3, 0.4) is 0 Å². The smallest absolute Gasteiger partial charge is 0.162 e. The van der Waals surface area contributed by atoms with Gasteiger partial charge in [0.15, 0.2) is 17.3 Å². The van der Waals surface area contributed by atoms with E-state index in [-0.39, 0.29) is 18.9 Å². The molecule has 0 bridgehead atoms. The van der Waals surface area contributed by atoms with Gasteiger partial charge in [-0.3, -0.25) is 9.59 Å². The number of benzene rings is 2. The van der Waals surface area contributed by atoms with Crippen LogP contribution in [0.25, 0.3) is 0 Å². The Hall–Kier alpha value is -2.90. The Balaban J connectivity index is 0.00000420. The van der Waals surface area contributed by atoms with E-state index in [1.165, 1.54) is 0 Å². The predicted molar refractivity (Wildman–Crippen MR) is 148 cm³/mol. The Labute approximate surface area is 227 Å². The van der Waals surface area contributed by atoms with Crippen molar-refractivity contribution >= 4 is 11.6 Å². The topological polar surface area (TPSA) is 85.3 Å². The first kappa shape index (κ1) is 28.1. The zero-order valence-corrected chi connectivity index (χ0v) is 22.7. The SMILES string of the molecule is COc1ccc(C(=O)CCCCCC(=O)C[C@H](CN2CCC[C@H]2C)[C@H](O)c2ccc3c(c2)OCCO3)cc1.[HH]. The predicted octanol–water partition coefficient (Wildman–Crippen LogP) is 5.64.